The fourth-order valence-corrected chi connectivity index (χ4v) is 3.73. The van der Waals surface area contributed by atoms with Crippen LogP contribution in [-0.4, -0.2) is 24.1 Å². The van der Waals surface area contributed by atoms with Gasteiger partial charge in [-0.25, -0.2) is 4.79 Å². The van der Waals surface area contributed by atoms with E-state index < -0.39 is 5.97 Å². The van der Waals surface area contributed by atoms with Gasteiger partial charge in [0.25, 0.3) is 0 Å². The van der Waals surface area contributed by atoms with Gasteiger partial charge in [-0.15, -0.1) is 0 Å². The predicted octanol–water partition coefficient (Wildman–Crippen LogP) is 4.62. The van der Waals surface area contributed by atoms with Crippen LogP contribution in [0.5, 0.6) is 0 Å². The number of carbonyl (C=O) groups is 1. The van der Waals surface area contributed by atoms with Gasteiger partial charge in [0, 0.05) is 24.0 Å². The Morgan fingerprint density at radius 1 is 1.27 bits per heavy atom. The molecule has 1 N–H and O–H groups in total. The van der Waals surface area contributed by atoms with Crippen molar-refractivity contribution in [3.05, 3.63) is 69.9 Å². The van der Waals surface area contributed by atoms with E-state index in [1.165, 1.54) is 5.56 Å². The van der Waals surface area contributed by atoms with E-state index in [0.29, 0.717) is 29.3 Å². The average Bonchev–Trinajstić information content (AvgIpc) is 3.09. The Bertz CT molecular complexity index is 986. The number of aromatic nitrogens is 1. The van der Waals surface area contributed by atoms with E-state index >= 15 is 0 Å². The minimum Gasteiger partial charge on any atom is -0.462 e. The maximum absolute atomic E-state index is 12.6. The van der Waals surface area contributed by atoms with E-state index in [4.69, 9.17) is 21.3 Å². The Labute approximate surface area is 157 Å². The Kier molecular flexibility index (Phi) is 4.51. The first-order valence-electron chi connectivity index (χ1n) is 8.77. The molecule has 26 heavy (non-hydrogen) atoms. The summed E-state index contributed by atoms with van der Waals surface area (Å²) in [5, 5.41) is 4.54. The van der Waals surface area contributed by atoms with E-state index in [1.807, 2.05) is 36.4 Å². The van der Waals surface area contributed by atoms with Gasteiger partial charge in [0.1, 0.15) is 5.56 Å². The van der Waals surface area contributed by atoms with Gasteiger partial charge in [-0.3, -0.25) is 4.98 Å². The Balaban J connectivity index is 1.90. The first kappa shape index (κ1) is 16.9. The van der Waals surface area contributed by atoms with E-state index in [-0.39, 0.29) is 0 Å². The standard InChI is InChI=1S/C21H19ClN2O2/c1-2-26-21(25)19-18(10-13-6-4-3-5-7-13)24-17-11-14-8-9-23-16(14)12-15(17)20(19)22/h3-7,11-12,23H,2,8-10H2,1H3. The summed E-state index contributed by atoms with van der Waals surface area (Å²) in [7, 11) is 0. The summed E-state index contributed by atoms with van der Waals surface area (Å²) >= 11 is 6.68. The predicted molar refractivity (Wildman–Crippen MR) is 104 cm³/mol. The number of benzene rings is 2. The van der Waals surface area contributed by atoms with Crippen LogP contribution in [0.2, 0.25) is 5.02 Å². The van der Waals surface area contributed by atoms with Gasteiger partial charge in [-0.2, -0.15) is 0 Å². The number of hydrogen-bond acceptors (Lipinski definition) is 4. The summed E-state index contributed by atoms with van der Waals surface area (Å²) in [5.41, 5.74) is 5.20. The van der Waals surface area contributed by atoms with Gasteiger partial charge in [-0.1, -0.05) is 41.9 Å². The van der Waals surface area contributed by atoms with Crippen LogP contribution in [0.15, 0.2) is 42.5 Å². The zero-order valence-corrected chi connectivity index (χ0v) is 15.3. The van der Waals surface area contributed by atoms with E-state index in [1.54, 1.807) is 6.92 Å². The van der Waals surface area contributed by atoms with Crippen molar-refractivity contribution in [2.45, 2.75) is 19.8 Å². The largest absolute Gasteiger partial charge is 0.462 e. The number of carbonyl (C=O) groups excluding carboxylic acids is 1. The molecule has 0 unspecified atom stereocenters. The smallest absolute Gasteiger partial charge is 0.341 e. The summed E-state index contributed by atoms with van der Waals surface area (Å²) in [6.07, 6.45) is 1.50. The molecule has 0 atom stereocenters. The number of hydrogen-bond donors (Lipinski definition) is 1. The molecule has 2 heterocycles. The number of nitrogens with one attached hydrogen (secondary N) is 1. The first-order valence-corrected chi connectivity index (χ1v) is 9.15. The minimum atomic E-state index is -0.425. The molecule has 0 bridgehead atoms. The van der Waals surface area contributed by atoms with Crippen LogP contribution in [0, 0.1) is 0 Å². The molecule has 0 fully saturated rings. The zero-order chi connectivity index (χ0) is 18.1. The Morgan fingerprint density at radius 2 is 2.08 bits per heavy atom. The van der Waals surface area contributed by atoms with Crippen molar-refractivity contribution in [3.8, 4) is 0 Å². The Morgan fingerprint density at radius 3 is 2.85 bits per heavy atom. The highest BCUT2D eigenvalue weighted by molar-refractivity contribution is 6.38. The van der Waals surface area contributed by atoms with Crippen LogP contribution in [-0.2, 0) is 17.6 Å². The highest BCUT2D eigenvalue weighted by Gasteiger charge is 2.23. The van der Waals surface area contributed by atoms with Crippen molar-refractivity contribution in [3.63, 3.8) is 0 Å². The molecule has 0 aliphatic carbocycles. The highest BCUT2D eigenvalue weighted by Crippen LogP contribution is 2.35. The first-order chi connectivity index (χ1) is 12.7. The molecule has 0 radical (unpaired) electrons. The average molecular weight is 367 g/mol. The molecule has 2 aromatic carbocycles. The number of ether oxygens (including phenoxy) is 1. The van der Waals surface area contributed by atoms with Crippen molar-refractivity contribution >= 4 is 34.2 Å². The second-order valence-corrected chi connectivity index (χ2v) is 6.71. The third-order valence-electron chi connectivity index (χ3n) is 4.63. The van der Waals surface area contributed by atoms with Gasteiger partial charge >= 0.3 is 5.97 Å². The number of fused-ring (bicyclic) bond motifs is 2. The number of anilines is 1. The van der Waals surface area contributed by atoms with Gasteiger partial charge in [0.05, 0.1) is 22.8 Å². The maximum atomic E-state index is 12.6. The molecular weight excluding hydrogens is 348 g/mol. The van der Waals surface area contributed by atoms with Gasteiger partial charge in [0.15, 0.2) is 0 Å². The SMILES string of the molecule is CCOC(=O)c1c(Cc2ccccc2)nc2cc3c(cc2c1Cl)NCC3. The molecular formula is C21H19ClN2O2. The molecule has 132 valence electrons. The number of rotatable bonds is 4. The van der Waals surface area contributed by atoms with Crippen molar-refractivity contribution in [2.75, 3.05) is 18.5 Å². The summed E-state index contributed by atoms with van der Waals surface area (Å²) < 4.78 is 5.25. The fourth-order valence-electron chi connectivity index (χ4n) is 3.39. The van der Waals surface area contributed by atoms with E-state index in [2.05, 4.69) is 11.4 Å². The summed E-state index contributed by atoms with van der Waals surface area (Å²) in [6.45, 7) is 2.99. The number of halogens is 1. The fraction of sp³-hybridized carbons (Fsp3) is 0.238. The quantitative estimate of drug-likeness (QED) is 0.684. The molecule has 1 aliphatic rings. The topological polar surface area (TPSA) is 51.2 Å². The lowest BCUT2D eigenvalue weighted by atomic mass is 10.0. The van der Waals surface area contributed by atoms with Crippen LogP contribution < -0.4 is 5.32 Å². The molecule has 4 rings (SSSR count). The third kappa shape index (κ3) is 3.01. The van der Waals surface area contributed by atoms with Gasteiger partial charge in [-0.05, 0) is 36.6 Å². The molecule has 1 aromatic heterocycles. The second kappa shape index (κ2) is 6.96. The van der Waals surface area contributed by atoms with E-state index in [0.717, 1.165) is 35.1 Å². The molecule has 4 nitrogen and oxygen atoms in total. The van der Waals surface area contributed by atoms with Crippen molar-refractivity contribution < 1.29 is 9.53 Å². The van der Waals surface area contributed by atoms with Crippen molar-refractivity contribution in [1.82, 2.24) is 4.98 Å². The summed E-state index contributed by atoms with van der Waals surface area (Å²) in [4.78, 5) is 17.4. The molecule has 1 aliphatic heterocycles. The lowest BCUT2D eigenvalue weighted by molar-refractivity contribution is 0.0525. The van der Waals surface area contributed by atoms with Crippen molar-refractivity contribution in [2.24, 2.45) is 0 Å². The molecule has 5 heteroatoms. The summed E-state index contributed by atoms with van der Waals surface area (Å²) in [6, 6.07) is 14.0. The monoisotopic (exact) mass is 366 g/mol. The maximum Gasteiger partial charge on any atom is 0.341 e. The minimum absolute atomic E-state index is 0.295. The number of esters is 1. The normalized spacial score (nSPS) is 12.7. The molecule has 0 saturated heterocycles. The van der Waals surface area contributed by atoms with Crippen LogP contribution in [0.3, 0.4) is 0 Å². The molecule has 0 saturated carbocycles. The van der Waals surface area contributed by atoms with Gasteiger partial charge in [0.2, 0.25) is 0 Å². The second-order valence-electron chi connectivity index (χ2n) is 6.33. The number of nitrogens with zero attached hydrogens (tertiary/aromatic N) is 1. The highest BCUT2D eigenvalue weighted by atomic mass is 35.5. The lowest BCUT2D eigenvalue weighted by Crippen LogP contribution is -2.12. The van der Waals surface area contributed by atoms with Crippen molar-refractivity contribution in [1.29, 1.82) is 0 Å². The Hall–Kier alpha value is -2.59. The van der Waals surface area contributed by atoms with Crippen LogP contribution >= 0.6 is 11.6 Å². The van der Waals surface area contributed by atoms with Gasteiger partial charge < -0.3 is 10.1 Å². The lowest BCUT2D eigenvalue weighted by Gasteiger charge is -2.14. The van der Waals surface area contributed by atoms with E-state index in [9.17, 15) is 4.79 Å². The van der Waals surface area contributed by atoms with Crippen LogP contribution in [0.25, 0.3) is 10.9 Å². The van der Waals surface area contributed by atoms with Crippen LogP contribution in [0.4, 0.5) is 5.69 Å². The number of pyridine rings is 1. The third-order valence-corrected chi connectivity index (χ3v) is 5.02. The van der Waals surface area contributed by atoms with Crippen LogP contribution in [0.1, 0.15) is 34.1 Å². The summed E-state index contributed by atoms with van der Waals surface area (Å²) in [5.74, 6) is -0.425. The molecule has 0 amide bonds. The zero-order valence-electron chi connectivity index (χ0n) is 14.5. The molecule has 0 spiro atoms. The molecule has 3 aromatic rings.